The lowest BCUT2D eigenvalue weighted by molar-refractivity contribution is 0.0703. The zero-order valence-electron chi connectivity index (χ0n) is 19.6. The van der Waals surface area contributed by atoms with E-state index in [0.717, 1.165) is 0 Å². The average molecular weight is 516 g/mol. The van der Waals surface area contributed by atoms with Crippen molar-refractivity contribution in [2.75, 3.05) is 14.2 Å². The summed E-state index contributed by atoms with van der Waals surface area (Å²) >= 11 is 0.214. The van der Waals surface area contributed by atoms with Gasteiger partial charge < -0.3 is 14.2 Å². The molecule has 6 nitrogen and oxygen atoms in total. The number of ether oxygens (including phenoxy) is 3. The molecule has 0 aliphatic rings. The zero-order chi connectivity index (χ0) is 26.2. The molecule has 0 aliphatic heterocycles. The Morgan fingerprint density at radius 1 is 0.857 bits per heavy atom. The second kappa shape index (κ2) is 9.76. The maximum atomic E-state index is 14.4. The summed E-state index contributed by atoms with van der Waals surface area (Å²) in [7, 11) is 2.78. The Morgan fingerprint density at radius 2 is 1.34 bits per heavy atom. The highest BCUT2D eigenvalue weighted by molar-refractivity contribution is 7.99. The van der Waals surface area contributed by atoms with Gasteiger partial charge in [0.15, 0.2) is 23.3 Å². The fraction of sp³-hybridized carbons (Fsp3) is 0.304. The third kappa shape index (κ3) is 5.07. The summed E-state index contributed by atoms with van der Waals surface area (Å²) in [6, 6.07) is 4.30. The Hall–Kier alpha value is -3.28. The molecule has 1 heterocycles. The normalized spacial score (nSPS) is 11.5. The Labute approximate surface area is 202 Å². The summed E-state index contributed by atoms with van der Waals surface area (Å²) in [5.41, 5.74) is -0.630. The SMILES string of the molecule is COc1cc(OC)cc(C(=O)Oc2c(Sc3c(F)c(F)c(F)c(F)c3F)c(C)nn2C(C)(C)C)c1. The van der Waals surface area contributed by atoms with E-state index in [4.69, 9.17) is 14.2 Å². The maximum absolute atomic E-state index is 14.4. The molecule has 0 N–H and O–H groups in total. The summed E-state index contributed by atoms with van der Waals surface area (Å²) in [6.07, 6.45) is 0. The number of rotatable bonds is 6. The van der Waals surface area contributed by atoms with E-state index >= 15 is 0 Å². The molecule has 3 rings (SSSR count). The fourth-order valence-corrected chi connectivity index (χ4v) is 3.97. The van der Waals surface area contributed by atoms with Crippen molar-refractivity contribution < 1.29 is 41.0 Å². The number of nitrogens with zero attached hydrogens (tertiary/aromatic N) is 2. The van der Waals surface area contributed by atoms with E-state index in [9.17, 15) is 26.7 Å². The van der Waals surface area contributed by atoms with Gasteiger partial charge in [-0.1, -0.05) is 11.8 Å². The summed E-state index contributed by atoms with van der Waals surface area (Å²) in [5, 5.41) is 4.28. The van der Waals surface area contributed by atoms with Crippen LogP contribution in [0.15, 0.2) is 28.0 Å². The van der Waals surface area contributed by atoms with Crippen molar-refractivity contribution in [3.8, 4) is 17.4 Å². The molecule has 0 bridgehead atoms. The van der Waals surface area contributed by atoms with E-state index in [1.165, 1.54) is 44.0 Å². The highest BCUT2D eigenvalue weighted by Gasteiger charge is 2.32. The standard InChI is InChI=1S/C23H21F5N2O4S/c1-10-19(35-20-17(27)15(25)14(24)16(26)18(20)28)21(30(29-10)23(2,3)4)34-22(31)11-7-12(32-5)9-13(8-11)33-6/h7-9H,1-6H3. The third-order valence-electron chi connectivity index (χ3n) is 4.75. The summed E-state index contributed by atoms with van der Waals surface area (Å²) in [4.78, 5) is 11.8. The van der Waals surface area contributed by atoms with Crippen LogP contribution in [0.5, 0.6) is 17.4 Å². The monoisotopic (exact) mass is 516 g/mol. The van der Waals surface area contributed by atoms with Crippen LogP contribution in [-0.4, -0.2) is 30.0 Å². The Balaban J connectivity index is 2.14. The van der Waals surface area contributed by atoms with Crippen molar-refractivity contribution >= 4 is 17.7 Å². The largest absolute Gasteiger partial charge is 0.497 e. The summed E-state index contributed by atoms with van der Waals surface area (Å²) in [5.74, 6) is -11.0. The van der Waals surface area contributed by atoms with E-state index < -0.39 is 45.5 Å². The minimum atomic E-state index is -2.27. The van der Waals surface area contributed by atoms with Crippen molar-refractivity contribution in [1.82, 2.24) is 9.78 Å². The van der Waals surface area contributed by atoms with Gasteiger partial charge in [0, 0.05) is 6.07 Å². The van der Waals surface area contributed by atoms with Gasteiger partial charge in [0.05, 0.1) is 40.8 Å². The molecule has 0 unspecified atom stereocenters. The van der Waals surface area contributed by atoms with E-state index in [2.05, 4.69) is 5.10 Å². The molecule has 0 radical (unpaired) electrons. The second-order valence-corrected chi connectivity index (χ2v) is 9.31. The number of hydrogen-bond donors (Lipinski definition) is 0. The van der Waals surface area contributed by atoms with Crippen molar-refractivity contribution in [3.05, 3.63) is 58.5 Å². The minimum Gasteiger partial charge on any atom is -0.497 e. The quantitative estimate of drug-likeness (QED) is 0.173. The molecule has 0 atom stereocenters. The van der Waals surface area contributed by atoms with E-state index in [0.29, 0.717) is 11.5 Å². The average Bonchev–Trinajstić information content (AvgIpc) is 3.13. The highest BCUT2D eigenvalue weighted by Crippen LogP contribution is 2.43. The molecule has 0 saturated carbocycles. The van der Waals surface area contributed by atoms with Crippen LogP contribution in [0.1, 0.15) is 36.8 Å². The number of benzene rings is 2. The second-order valence-electron chi connectivity index (χ2n) is 8.29. The third-order valence-corrected chi connectivity index (χ3v) is 5.99. The lowest BCUT2D eigenvalue weighted by atomic mass is 10.1. The minimum absolute atomic E-state index is 0.0210. The van der Waals surface area contributed by atoms with Crippen LogP contribution < -0.4 is 14.2 Å². The molecule has 188 valence electrons. The van der Waals surface area contributed by atoms with Crippen molar-refractivity contribution in [3.63, 3.8) is 0 Å². The molecule has 0 saturated heterocycles. The molecule has 3 aromatic rings. The molecule has 0 spiro atoms. The molecular formula is C23H21F5N2O4S. The number of methoxy groups -OCH3 is 2. The Morgan fingerprint density at radius 3 is 1.80 bits per heavy atom. The molecule has 0 aliphatic carbocycles. The first kappa shape index (κ1) is 26.3. The predicted molar refractivity (Wildman–Crippen MR) is 117 cm³/mol. The summed E-state index contributed by atoms with van der Waals surface area (Å²) < 4.78 is 86.9. The highest BCUT2D eigenvalue weighted by atomic mass is 32.2. The number of carbonyl (C=O) groups excluding carboxylic acids is 1. The van der Waals surface area contributed by atoms with E-state index in [1.807, 2.05) is 0 Å². The molecule has 1 aromatic heterocycles. The first-order valence-electron chi connectivity index (χ1n) is 10.0. The van der Waals surface area contributed by atoms with Crippen molar-refractivity contribution in [2.45, 2.75) is 43.0 Å². The van der Waals surface area contributed by atoms with Crippen LogP contribution in [0.2, 0.25) is 0 Å². The van der Waals surface area contributed by atoms with Gasteiger partial charge in [-0.25, -0.2) is 31.4 Å². The number of esters is 1. The van der Waals surface area contributed by atoms with Gasteiger partial charge in [-0.2, -0.15) is 5.10 Å². The predicted octanol–water partition coefficient (Wildman–Crippen LogP) is 6.03. The van der Waals surface area contributed by atoms with Gasteiger partial charge in [-0.05, 0) is 39.8 Å². The molecule has 35 heavy (non-hydrogen) atoms. The smallest absolute Gasteiger partial charge is 0.345 e. The number of aromatic nitrogens is 2. The lowest BCUT2D eigenvalue weighted by Gasteiger charge is -2.22. The van der Waals surface area contributed by atoms with Gasteiger partial charge in [0.1, 0.15) is 11.5 Å². The van der Waals surface area contributed by atoms with E-state index in [-0.39, 0.29) is 33.8 Å². The van der Waals surface area contributed by atoms with Gasteiger partial charge in [-0.15, -0.1) is 0 Å². The number of hydrogen-bond acceptors (Lipinski definition) is 6. The van der Waals surface area contributed by atoms with Crippen LogP contribution in [0, 0.1) is 36.0 Å². The lowest BCUT2D eigenvalue weighted by Crippen LogP contribution is -2.25. The number of carbonyl (C=O) groups is 1. The topological polar surface area (TPSA) is 62.6 Å². The van der Waals surface area contributed by atoms with Crippen LogP contribution in [0.25, 0.3) is 0 Å². The van der Waals surface area contributed by atoms with Gasteiger partial charge in [0.25, 0.3) is 0 Å². The van der Waals surface area contributed by atoms with Gasteiger partial charge in [-0.3, -0.25) is 0 Å². The molecular weight excluding hydrogens is 495 g/mol. The Kier molecular flexibility index (Phi) is 7.34. The maximum Gasteiger partial charge on any atom is 0.345 e. The van der Waals surface area contributed by atoms with Crippen molar-refractivity contribution in [1.29, 1.82) is 0 Å². The van der Waals surface area contributed by atoms with Crippen molar-refractivity contribution in [2.24, 2.45) is 0 Å². The molecule has 2 aromatic carbocycles. The zero-order valence-corrected chi connectivity index (χ0v) is 20.4. The van der Waals surface area contributed by atoms with Gasteiger partial charge in [0.2, 0.25) is 11.7 Å². The van der Waals surface area contributed by atoms with Gasteiger partial charge >= 0.3 is 5.97 Å². The van der Waals surface area contributed by atoms with Crippen LogP contribution >= 0.6 is 11.8 Å². The first-order chi connectivity index (χ1) is 16.3. The van der Waals surface area contributed by atoms with Crippen LogP contribution in [0.3, 0.4) is 0 Å². The van der Waals surface area contributed by atoms with Crippen LogP contribution in [0.4, 0.5) is 22.0 Å². The molecule has 0 amide bonds. The Bertz CT molecular complexity index is 1250. The fourth-order valence-electron chi connectivity index (χ4n) is 3.00. The number of halogens is 5. The molecule has 12 heteroatoms. The molecule has 0 fully saturated rings. The summed E-state index contributed by atoms with van der Waals surface area (Å²) in [6.45, 7) is 6.61. The number of aryl methyl sites for hydroxylation is 1. The first-order valence-corrected chi connectivity index (χ1v) is 10.9. The van der Waals surface area contributed by atoms with E-state index in [1.54, 1.807) is 20.8 Å². The van der Waals surface area contributed by atoms with Crippen LogP contribution in [-0.2, 0) is 5.54 Å².